The van der Waals surface area contributed by atoms with E-state index in [9.17, 15) is 9.59 Å². The molecule has 3 rings (SSSR count). The number of hydrogen-bond acceptors (Lipinski definition) is 5. The smallest absolute Gasteiger partial charge is 0.252 e. The number of amides is 2. The van der Waals surface area contributed by atoms with Crippen LogP contribution in [0.1, 0.15) is 27.2 Å². The second kappa shape index (κ2) is 9.32. The highest BCUT2D eigenvalue weighted by atomic mass is 35.5. The van der Waals surface area contributed by atoms with Crippen LogP contribution in [0.15, 0.2) is 41.2 Å². The molecule has 27 heavy (non-hydrogen) atoms. The van der Waals surface area contributed by atoms with Gasteiger partial charge in [-0.2, -0.15) is 11.3 Å². The summed E-state index contributed by atoms with van der Waals surface area (Å²) in [4.78, 5) is 29.0. The Hall–Kier alpha value is -1.93. The summed E-state index contributed by atoms with van der Waals surface area (Å²) in [6.45, 7) is 0.263. The average Bonchev–Trinajstić information content (AvgIpc) is 3.29. The van der Waals surface area contributed by atoms with E-state index in [0.717, 1.165) is 10.4 Å². The number of thiazole rings is 1. The lowest BCUT2D eigenvalue weighted by molar-refractivity contribution is -0.116. The third-order valence-corrected chi connectivity index (χ3v) is 5.78. The van der Waals surface area contributed by atoms with Gasteiger partial charge in [0.25, 0.3) is 5.91 Å². The summed E-state index contributed by atoms with van der Waals surface area (Å²) in [5.41, 5.74) is 1.55. The summed E-state index contributed by atoms with van der Waals surface area (Å²) < 4.78 is 0. The number of nitrogens with one attached hydrogen (secondary N) is 2. The van der Waals surface area contributed by atoms with Gasteiger partial charge >= 0.3 is 0 Å². The molecule has 0 unspecified atom stereocenters. The first kappa shape index (κ1) is 19.8. The van der Waals surface area contributed by atoms with Crippen LogP contribution in [0.5, 0.6) is 0 Å². The summed E-state index contributed by atoms with van der Waals surface area (Å²) in [7, 11) is 0. The minimum Gasteiger partial charge on any atom is -0.351 e. The number of aromatic nitrogens is 1. The highest BCUT2D eigenvalue weighted by Gasteiger charge is 2.10. The van der Waals surface area contributed by atoms with E-state index in [4.69, 9.17) is 23.2 Å². The normalized spacial score (nSPS) is 10.6. The molecule has 5 nitrogen and oxygen atoms in total. The molecule has 0 aliphatic heterocycles. The van der Waals surface area contributed by atoms with Gasteiger partial charge in [0.1, 0.15) is 0 Å². The van der Waals surface area contributed by atoms with E-state index in [0.29, 0.717) is 27.2 Å². The van der Waals surface area contributed by atoms with Crippen LogP contribution in [0.3, 0.4) is 0 Å². The second-order valence-corrected chi connectivity index (χ2v) is 8.35. The lowest BCUT2D eigenvalue weighted by Crippen LogP contribution is -2.27. The first-order valence-electron chi connectivity index (χ1n) is 8.00. The molecule has 2 N–H and O–H groups in total. The number of halogens is 2. The van der Waals surface area contributed by atoms with Gasteiger partial charge in [0.2, 0.25) is 5.91 Å². The van der Waals surface area contributed by atoms with E-state index in [2.05, 4.69) is 15.6 Å². The number of carbonyl (C=O) groups excluding carboxylic acids is 2. The number of rotatable bonds is 7. The molecule has 1 aromatic carbocycles. The van der Waals surface area contributed by atoms with Crippen molar-refractivity contribution >= 4 is 62.8 Å². The fraction of sp³-hybridized carbons (Fsp3) is 0.167. The number of thiophene rings is 1. The Morgan fingerprint density at radius 1 is 1.19 bits per heavy atom. The zero-order chi connectivity index (χ0) is 19.2. The summed E-state index contributed by atoms with van der Waals surface area (Å²) in [5.74, 6) is -0.383. The largest absolute Gasteiger partial charge is 0.351 e. The fourth-order valence-electron chi connectivity index (χ4n) is 2.27. The summed E-state index contributed by atoms with van der Waals surface area (Å²) in [5, 5.41) is 10.8. The molecule has 2 heterocycles. The Balaban J connectivity index is 1.47. The molecule has 0 saturated carbocycles. The van der Waals surface area contributed by atoms with E-state index < -0.39 is 0 Å². The standard InChI is InChI=1S/C18H15Cl2N3O2S2/c19-13-2-1-11(15(20)8-13)7-14-9-22-18(27-14)23-16(24)3-5-21-17(25)12-4-6-26-10-12/h1-2,4,6,8-10H,3,5,7H2,(H,21,25)(H,22,23,24). The van der Waals surface area contributed by atoms with Crippen LogP contribution in [0.25, 0.3) is 0 Å². The molecular formula is C18H15Cl2N3O2S2. The first-order chi connectivity index (χ1) is 13.0. The predicted molar refractivity (Wildman–Crippen MR) is 111 cm³/mol. The molecular weight excluding hydrogens is 425 g/mol. The highest BCUT2D eigenvalue weighted by Crippen LogP contribution is 2.26. The van der Waals surface area contributed by atoms with E-state index in [-0.39, 0.29) is 24.8 Å². The summed E-state index contributed by atoms with van der Waals surface area (Å²) in [6.07, 6.45) is 2.50. The van der Waals surface area contributed by atoms with Crippen LogP contribution < -0.4 is 10.6 Å². The van der Waals surface area contributed by atoms with Crippen molar-refractivity contribution in [3.8, 4) is 0 Å². The molecule has 0 radical (unpaired) electrons. The maximum Gasteiger partial charge on any atom is 0.252 e. The van der Waals surface area contributed by atoms with E-state index in [1.807, 2.05) is 11.4 Å². The van der Waals surface area contributed by atoms with Gasteiger partial charge in [-0.1, -0.05) is 29.3 Å². The Bertz CT molecular complexity index is 942. The van der Waals surface area contributed by atoms with E-state index >= 15 is 0 Å². The van der Waals surface area contributed by atoms with Crippen LogP contribution in [0, 0.1) is 0 Å². The van der Waals surface area contributed by atoms with Crippen molar-refractivity contribution in [3.05, 3.63) is 67.3 Å². The van der Waals surface area contributed by atoms with Gasteiger partial charge in [0.05, 0.1) is 0 Å². The molecule has 0 aliphatic rings. The third kappa shape index (κ3) is 5.77. The van der Waals surface area contributed by atoms with Gasteiger partial charge in [0, 0.05) is 51.4 Å². The molecule has 2 amide bonds. The third-order valence-electron chi connectivity index (χ3n) is 3.60. The van der Waals surface area contributed by atoms with Crippen LogP contribution in [-0.2, 0) is 11.2 Å². The topological polar surface area (TPSA) is 71.1 Å². The number of carbonyl (C=O) groups is 2. The fourth-order valence-corrected chi connectivity index (χ4v) is 4.23. The quantitative estimate of drug-likeness (QED) is 0.551. The van der Waals surface area contributed by atoms with E-state index in [1.165, 1.54) is 22.7 Å². The number of hydrogen-bond donors (Lipinski definition) is 2. The maximum absolute atomic E-state index is 12.0. The Morgan fingerprint density at radius 2 is 2.04 bits per heavy atom. The monoisotopic (exact) mass is 439 g/mol. The van der Waals surface area contributed by atoms with Gasteiger partial charge in [-0.05, 0) is 29.1 Å². The zero-order valence-electron chi connectivity index (χ0n) is 14.0. The molecule has 3 aromatic rings. The summed E-state index contributed by atoms with van der Waals surface area (Å²) >= 11 is 14.9. The van der Waals surface area contributed by atoms with Crippen LogP contribution in [-0.4, -0.2) is 23.3 Å². The Labute approximate surface area is 174 Å². The van der Waals surface area contributed by atoms with Crippen molar-refractivity contribution in [1.29, 1.82) is 0 Å². The van der Waals surface area contributed by atoms with Crippen molar-refractivity contribution in [2.24, 2.45) is 0 Å². The number of nitrogens with zero attached hydrogens (tertiary/aromatic N) is 1. The maximum atomic E-state index is 12.0. The molecule has 140 valence electrons. The van der Waals surface area contributed by atoms with Gasteiger partial charge < -0.3 is 10.6 Å². The Kier molecular flexibility index (Phi) is 6.84. The van der Waals surface area contributed by atoms with Crippen LogP contribution >= 0.6 is 45.9 Å². The zero-order valence-corrected chi connectivity index (χ0v) is 17.1. The van der Waals surface area contributed by atoms with Crippen LogP contribution in [0.4, 0.5) is 5.13 Å². The van der Waals surface area contributed by atoms with E-state index in [1.54, 1.807) is 29.8 Å². The lowest BCUT2D eigenvalue weighted by Gasteiger charge is -2.04. The molecule has 9 heteroatoms. The molecule has 0 fully saturated rings. The van der Waals surface area contributed by atoms with Crippen molar-refractivity contribution in [2.45, 2.75) is 12.8 Å². The number of benzene rings is 1. The van der Waals surface area contributed by atoms with Crippen molar-refractivity contribution < 1.29 is 9.59 Å². The first-order valence-corrected chi connectivity index (χ1v) is 10.5. The Morgan fingerprint density at radius 3 is 2.78 bits per heavy atom. The minimum absolute atomic E-state index is 0.174. The average molecular weight is 440 g/mol. The summed E-state index contributed by atoms with van der Waals surface area (Å²) in [6, 6.07) is 7.10. The SMILES string of the molecule is O=C(CCNC(=O)c1ccsc1)Nc1ncc(Cc2ccc(Cl)cc2Cl)s1. The molecule has 0 bridgehead atoms. The van der Waals surface area contributed by atoms with Crippen molar-refractivity contribution in [2.75, 3.05) is 11.9 Å². The lowest BCUT2D eigenvalue weighted by atomic mass is 10.1. The van der Waals surface area contributed by atoms with Crippen molar-refractivity contribution in [1.82, 2.24) is 10.3 Å². The molecule has 0 saturated heterocycles. The van der Waals surface area contributed by atoms with Crippen molar-refractivity contribution in [3.63, 3.8) is 0 Å². The molecule has 0 aliphatic carbocycles. The van der Waals surface area contributed by atoms with Gasteiger partial charge in [-0.3, -0.25) is 9.59 Å². The minimum atomic E-state index is -0.203. The number of anilines is 1. The van der Waals surface area contributed by atoms with Gasteiger partial charge in [-0.15, -0.1) is 11.3 Å². The molecule has 0 atom stereocenters. The second-order valence-electron chi connectivity index (χ2n) is 5.61. The highest BCUT2D eigenvalue weighted by molar-refractivity contribution is 7.15. The predicted octanol–water partition coefficient (Wildman–Crippen LogP) is 4.86. The van der Waals surface area contributed by atoms with Crippen LogP contribution in [0.2, 0.25) is 10.0 Å². The molecule has 2 aromatic heterocycles. The molecule has 0 spiro atoms. The van der Waals surface area contributed by atoms with Gasteiger partial charge in [0.15, 0.2) is 5.13 Å². The van der Waals surface area contributed by atoms with Gasteiger partial charge in [-0.25, -0.2) is 4.98 Å².